The Bertz CT molecular complexity index is 525. The van der Waals surface area contributed by atoms with Crippen LogP contribution in [0.25, 0.3) is 11.0 Å². The molecule has 0 bridgehead atoms. The molecule has 0 radical (unpaired) electrons. The van der Waals surface area contributed by atoms with Gasteiger partial charge in [0.05, 0.1) is 21.1 Å². The van der Waals surface area contributed by atoms with E-state index in [1.165, 1.54) is 0 Å². The molecule has 2 atom stereocenters. The standard InChI is InChI=1S/C12H13Cl2N3/c1-6-7(2-3-15-6)12-16-10-4-8(13)9(14)5-11(10)17-12/h4-7,15H,2-3H2,1H3,(H,16,17). The van der Waals surface area contributed by atoms with Gasteiger partial charge in [-0.1, -0.05) is 23.2 Å². The van der Waals surface area contributed by atoms with E-state index in [1.807, 2.05) is 12.1 Å². The zero-order valence-corrected chi connectivity index (χ0v) is 10.9. The molecule has 0 aliphatic carbocycles. The molecule has 2 unspecified atom stereocenters. The number of benzene rings is 1. The van der Waals surface area contributed by atoms with E-state index in [4.69, 9.17) is 23.2 Å². The molecule has 1 aromatic heterocycles. The number of imidazole rings is 1. The van der Waals surface area contributed by atoms with Crippen molar-refractivity contribution < 1.29 is 0 Å². The molecule has 3 rings (SSSR count). The summed E-state index contributed by atoms with van der Waals surface area (Å²) < 4.78 is 0. The highest BCUT2D eigenvalue weighted by Gasteiger charge is 2.27. The molecule has 17 heavy (non-hydrogen) atoms. The first-order valence-corrected chi connectivity index (χ1v) is 6.49. The molecule has 2 N–H and O–H groups in total. The second-order valence-electron chi connectivity index (χ2n) is 4.54. The largest absolute Gasteiger partial charge is 0.342 e. The molecular formula is C12H13Cl2N3. The highest BCUT2D eigenvalue weighted by Crippen LogP contribution is 2.30. The molecule has 0 spiro atoms. The summed E-state index contributed by atoms with van der Waals surface area (Å²) in [5.41, 5.74) is 1.84. The van der Waals surface area contributed by atoms with Gasteiger partial charge in [-0.25, -0.2) is 4.98 Å². The van der Waals surface area contributed by atoms with Crippen LogP contribution in [0.4, 0.5) is 0 Å². The van der Waals surface area contributed by atoms with Crippen LogP contribution in [0.1, 0.15) is 25.1 Å². The molecule has 0 amide bonds. The lowest BCUT2D eigenvalue weighted by atomic mass is 10.0. The maximum Gasteiger partial charge on any atom is 0.111 e. The van der Waals surface area contributed by atoms with Crippen LogP contribution >= 0.6 is 23.2 Å². The number of halogens is 2. The van der Waals surface area contributed by atoms with E-state index >= 15 is 0 Å². The van der Waals surface area contributed by atoms with Gasteiger partial charge in [-0.15, -0.1) is 0 Å². The average Bonchev–Trinajstić information content (AvgIpc) is 2.85. The van der Waals surface area contributed by atoms with Crippen molar-refractivity contribution in [3.63, 3.8) is 0 Å². The van der Waals surface area contributed by atoms with Crippen molar-refractivity contribution in [3.8, 4) is 0 Å². The predicted molar refractivity (Wildman–Crippen MR) is 70.9 cm³/mol. The molecule has 3 nitrogen and oxygen atoms in total. The molecule has 0 saturated carbocycles. The monoisotopic (exact) mass is 269 g/mol. The van der Waals surface area contributed by atoms with Gasteiger partial charge in [0.1, 0.15) is 5.82 Å². The first-order valence-electron chi connectivity index (χ1n) is 5.73. The zero-order valence-electron chi connectivity index (χ0n) is 9.43. The topological polar surface area (TPSA) is 40.7 Å². The Labute approximate surface area is 110 Å². The second-order valence-corrected chi connectivity index (χ2v) is 5.36. The summed E-state index contributed by atoms with van der Waals surface area (Å²) in [6.07, 6.45) is 1.11. The Morgan fingerprint density at radius 2 is 2.06 bits per heavy atom. The second kappa shape index (κ2) is 4.16. The Balaban J connectivity index is 2.07. The fraction of sp³-hybridized carbons (Fsp3) is 0.417. The van der Waals surface area contributed by atoms with Crippen molar-refractivity contribution in [1.82, 2.24) is 15.3 Å². The number of aromatic amines is 1. The maximum atomic E-state index is 5.99. The van der Waals surface area contributed by atoms with Gasteiger partial charge in [-0.05, 0) is 32.0 Å². The quantitative estimate of drug-likeness (QED) is 0.834. The highest BCUT2D eigenvalue weighted by molar-refractivity contribution is 6.42. The van der Waals surface area contributed by atoms with Crippen LogP contribution in [-0.4, -0.2) is 22.6 Å². The van der Waals surface area contributed by atoms with Crippen molar-refractivity contribution in [3.05, 3.63) is 28.0 Å². The third kappa shape index (κ3) is 1.92. The lowest BCUT2D eigenvalue weighted by Gasteiger charge is -2.11. The molecule has 5 heteroatoms. The summed E-state index contributed by atoms with van der Waals surface area (Å²) in [7, 11) is 0. The van der Waals surface area contributed by atoms with Crippen LogP contribution in [0.15, 0.2) is 12.1 Å². The third-order valence-corrected chi connectivity index (χ3v) is 4.14. The summed E-state index contributed by atoms with van der Waals surface area (Å²) in [5, 5.41) is 4.54. The summed E-state index contributed by atoms with van der Waals surface area (Å²) in [6, 6.07) is 4.11. The molecule has 1 fully saturated rings. The van der Waals surface area contributed by atoms with Gasteiger partial charge in [0.15, 0.2) is 0 Å². The van der Waals surface area contributed by atoms with Gasteiger partial charge in [-0.2, -0.15) is 0 Å². The maximum absolute atomic E-state index is 5.99. The first kappa shape index (κ1) is 11.3. The highest BCUT2D eigenvalue weighted by atomic mass is 35.5. The van der Waals surface area contributed by atoms with Gasteiger partial charge >= 0.3 is 0 Å². The predicted octanol–water partition coefficient (Wildman–Crippen LogP) is 3.34. The lowest BCUT2D eigenvalue weighted by molar-refractivity contribution is 0.574. The van der Waals surface area contributed by atoms with E-state index in [-0.39, 0.29) is 0 Å². The number of fused-ring (bicyclic) bond motifs is 1. The minimum absolute atomic E-state index is 0.444. The molecule has 1 saturated heterocycles. The Morgan fingerprint density at radius 3 is 2.76 bits per heavy atom. The van der Waals surface area contributed by atoms with Crippen LogP contribution in [-0.2, 0) is 0 Å². The minimum atomic E-state index is 0.444. The van der Waals surface area contributed by atoms with Crippen molar-refractivity contribution in [1.29, 1.82) is 0 Å². The van der Waals surface area contributed by atoms with Crippen LogP contribution in [0, 0.1) is 0 Å². The van der Waals surface area contributed by atoms with Crippen molar-refractivity contribution in [2.45, 2.75) is 25.3 Å². The van der Waals surface area contributed by atoms with E-state index in [0.29, 0.717) is 22.0 Å². The number of nitrogens with zero attached hydrogens (tertiary/aromatic N) is 1. The van der Waals surface area contributed by atoms with Gasteiger partial charge in [0.2, 0.25) is 0 Å². The van der Waals surface area contributed by atoms with E-state index < -0.39 is 0 Å². The molecule has 1 aromatic carbocycles. The first-order chi connectivity index (χ1) is 8.15. The Kier molecular flexibility index (Phi) is 2.77. The number of nitrogens with one attached hydrogen (secondary N) is 2. The number of rotatable bonds is 1. The summed E-state index contributed by atoms with van der Waals surface area (Å²) >= 11 is 12.0. The normalized spacial score (nSPS) is 24.6. The molecule has 90 valence electrons. The van der Waals surface area contributed by atoms with E-state index in [1.54, 1.807) is 0 Å². The molecule has 2 heterocycles. The average molecular weight is 270 g/mol. The van der Waals surface area contributed by atoms with Crippen LogP contribution < -0.4 is 5.32 Å². The number of H-pyrrole nitrogens is 1. The molecule has 1 aliphatic rings. The van der Waals surface area contributed by atoms with Crippen molar-refractivity contribution in [2.75, 3.05) is 6.54 Å². The number of hydrogen-bond donors (Lipinski definition) is 2. The van der Waals surface area contributed by atoms with Crippen LogP contribution in [0.3, 0.4) is 0 Å². The fourth-order valence-corrected chi connectivity index (χ4v) is 2.75. The van der Waals surface area contributed by atoms with Gasteiger partial charge in [0, 0.05) is 12.0 Å². The lowest BCUT2D eigenvalue weighted by Crippen LogP contribution is -2.22. The van der Waals surface area contributed by atoms with Gasteiger partial charge in [-0.3, -0.25) is 0 Å². The third-order valence-electron chi connectivity index (χ3n) is 3.42. The zero-order chi connectivity index (χ0) is 12.0. The van der Waals surface area contributed by atoms with Crippen molar-refractivity contribution in [2.24, 2.45) is 0 Å². The van der Waals surface area contributed by atoms with E-state index in [2.05, 4.69) is 22.2 Å². The smallest absolute Gasteiger partial charge is 0.111 e. The van der Waals surface area contributed by atoms with Gasteiger partial charge in [0.25, 0.3) is 0 Å². The summed E-state index contributed by atoms with van der Waals surface area (Å²) in [4.78, 5) is 7.95. The number of aromatic nitrogens is 2. The van der Waals surface area contributed by atoms with Crippen LogP contribution in [0.5, 0.6) is 0 Å². The van der Waals surface area contributed by atoms with Crippen LogP contribution in [0.2, 0.25) is 10.0 Å². The summed E-state index contributed by atoms with van der Waals surface area (Å²) in [5.74, 6) is 1.47. The molecular weight excluding hydrogens is 257 g/mol. The van der Waals surface area contributed by atoms with E-state index in [0.717, 1.165) is 29.8 Å². The minimum Gasteiger partial charge on any atom is -0.342 e. The molecule has 1 aliphatic heterocycles. The SMILES string of the molecule is CC1NCCC1c1nc2cc(Cl)c(Cl)cc2[nH]1. The fourth-order valence-electron chi connectivity index (χ4n) is 2.43. The number of hydrogen-bond acceptors (Lipinski definition) is 2. The van der Waals surface area contributed by atoms with Gasteiger partial charge < -0.3 is 10.3 Å². The van der Waals surface area contributed by atoms with Crippen molar-refractivity contribution >= 4 is 34.2 Å². The Hall–Kier alpha value is -0.770. The molecule has 2 aromatic rings. The summed E-state index contributed by atoms with van der Waals surface area (Å²) in [6.45, 7) is 3.23. The van der Waals surface area contributed by atoms with E-state index in [9.17, 15) is 0 Å². The Morgan fingerprint density at radius 1 is 1.29 bits per heavy atom.